The lowest BCUT2D eigenvalue weighted by Gasteiger charge is -2.15. The van der Waals surface area contributed by atoms with E-state index in [4.69, 9.17) is 4.74 Å². The molecule has 0 saturated heterocycles. The van der Waals surface area contributed by atoms with Crippen LogP contribution < -0.4 is 5.43 Å². The number of hydrogen-bond donors (Lipinski definition) is 1. The first kappa shape index (κ1) is 12.4. The zero-order valence-electron chi connectivity index (χ0n) is 11.0. The van der Waals surface area contributed by atoms with E-state index in [1.165, 1.54) is 0 Å². The predicted octanol–water partition coefficient (Wildman–Crippen LogP) is 1.45. The van der Waals surface area contributed by atoms with Crippen molar-refractivity contribution in [3.8, 4) is 11.3 Å². The maximum absolute atomic E-state index is 11.9. The van der Waals surface area contributed by atoms with Gasteiger partial charge in [0.1, 0.15) is 5.57 Å². The molecular weight excluding hydrogens is 256 g/mol. The summed E-state index contributed by atoms with van der Waals surface area (Å²) >= 11 is 0. The van der Waals surface area contributed by atoms with E-state index in [0.29, 0.717) is 24.5 Å². The van der Waals surface area contributed by atoms with Crippen molar-refractivity contribution in [1.82, 2.24) is 14.6 Å². The Morgan fingerprint density at radius 1 is 1.55 bits per heavy atom. The van der Waals surface area contributed by atoms with Crippen molar-refractivity contribution in [3.63, 3.8) is 0 Å². The number of ether oxygens (including phenoxy) is 1. The maximum Gasteiger partial charge on any atom is 0.341 e. The molecular formula is C14H14N4O2. The highest BCUT2D eigenvalue weighted by atomic mass is 16.5. The lowest BCUT2D eigenvalue weighted by Crippen LogP contribution is -2.24. The fourth-order valence-corrected chi connectivity index (χ4v) is 2.06. The van der Waals surface area contributed by atoms with Gasteiger partial charge in [-0.25, -0.2) is 14.5 Å². The number of nitrogens with zero attached hydrogens (tertiary/aromatic N) is 3. The van der Waals surface area contributed by atoms with Crippen LogP contribution in [0, 0.1) is 0 Å². The van der Waals surface area contributed by atoms with Crippen LogP contribution in [0.5, 0.6) is 0 Å². The van der Waals surface area contributed by atoms with E-state index in [2.05, 4.69) is 15.4 Å². The Bertz CT molecular complexity index is 661. The summed E-state index contributed by atoms with van der Waals surface area (Å²) < 4.78 is 6.80. The molecule has 102 valence electrons. The van der Waals surface area contributed by atoms with Crippen molar-refractivity contribution >= 4 is 11.5 Å². The van der Waals surface area contributed by atoms with Gasteiger partial charge in [0, 0.05) is 18.0 Å². The Balaban J connectivity index is 1.98. The summed E-state index contributed by atoms with van der Waals surface area (Å²) in [5.41, 5.74) is 5.28. The van der Waals surface area contributed by atoms with Crippen LogP contribution >= 0.6 is 0 Å². The molecule has 1 aliphatic heterocycles. The van der Waals surface area contributed by atoms with Gasteiger partial charge in [-0.1, -0.05) is 0 Å². The third kappa shape index (κ3) is 2.16. The highest BCUT2D eigenvalue weighted by molar-refractivity contribution is 6.15. The van der Waals surface area contributed by atoms with Crippen LogP contribution in [0.25, 0.3) is 16.8 Å². The fourth-order valence-electron chi connectivity index (χ4n) is 2.06. The number of carbonyl (C=O) groups is 1. The third-order valence-corrected chi connectivity index (χ3v) is 2.97. The van der Waals surface area contributed by atoms with Gasteiger partial charge in [-0.05, 0) is 25.1 Å². The van der Waals surface area contributed by atoms with E-state index in [1.54, 1.807) is 30.1 Å². The summed E-state index contributed by atoms with van der Waals surface area (Å²) in [5.74, 6) is 0.215. The van der Waals surface area contributed by atoms with Gasteiger partial charge in [0.15, 0.2) is 5.82 Å². The molecule has 1 aliphatic rings. The molecule has 0 fully saturated rings. The number of imidazole rings is 1. The van der Waals surface area contributed by atoms with Gasteiger partial charge in [-0.15, -0.1) is 0 Å². The van der Waals surface area contributed by atoms with Crippen LogP contribution in [-0.4, -0.2) is 33.8 Å². The zero-order chi connectivity index (χ0) is 13.9. The zero-order valence-corrected chi connectivity index (χ0v) is 11.0. The van der Waals surface area contributed by atoms with E-state index in [0.717, 1.165) is 11.3 Å². The largest absolute Gasteiger partial charge is 0.462 e. The Morgan fingerprint density at radius 2 is 2.45 bits per heavy atom. The first-order chi connectivity index (χ1) is 9.79. The molecule has 0 aromatic carbocycles. The third-order valence-electron chi connectivity index (χ3n) is 2.97. The molecule has 0 radical (unpaired) electrons. The van der Waals surface area contributed by atoms with Gasteiger partial charge in [0.25, 0.3) is 0 Å². The summed E-state index contributed by atoms with van der Waals surface area (Å²) in [7, 11) is 0. The van der Waals surface area contributed by atoms with Gasteiger partial charge >= 0.3 is 5.97 Å². The normalized spacial score (nSPS) is 13.2. The standard InChI is InChI=1S/C14H14N4O2/c1-2-20-14(19)11-5-7-16-18-9-12(17-13(11)18)10-4-3-6-15-8-10/h3-6,8-9,16H,2,7H2,1H3. The summed E-state index contributed by atoms with van der Waals surface area (Å²) in [6.45, 7) is 2.69. The number of carbonyl (C=O) groups excluding carboxylic acids is 1. The van der Waals surface area contributed by atoms with Crippen molar-refractivity contribution in [1.29, 1.82) is 0 Å². The Kier molecular flexibility index (Phi) is 3.20. The second-order valence-electron chi connectivity index (χ2n) is 4.26. The number of nitrogens with one attached hydrogen (secondary N) is 1. The van der Waals surface area contributed by atoms with Crippen molar-refractivity contribution in [2.24, 2.45) is 0 Å². The van der Waals surface area contributed by atoms with Crippen LogP contribution in [0.4, 0.5) is 0 Å². The molecule has 20 heavy (non-hydrogen) atoms. The minimum Gasteiger partial charge on any atom is -0.462 e. The molecule has 2 aromatic rings. The monoisotopic (exact) mass is 270 g/mol. The summed E-state index contributed by atoms with van der Waals surface area (Å²) in [6, 6.07) is 3.78. The first-order valence-electron chi connectivity index (χ1n) is 6.41. The average molecular weight is 270 g/mol. The van der Waals surface area contributed by atoms with Gasteiger partial charge in [0.2, 0.25) is 0 Å². The number of rotatable bonds is 3. The molecule has 0 aliphatic carbocycles. The SMILES string of the molecule is CCOC(=O)C1=CCNn2cc(-c3cccnc3)nc21. The van der Waals surface area contributed by atoms with E-state index < -0.39 is 0 Å². The Morgan fingerprint density at radius 3 is 3.20 bits per heavy atom. The predicted molar refractivity (Wildman–Crippen MR) is 74.3 cm³/mol. The molecule has 0 saturated carbocycles. The maximum atomic E-state index is 11.9. The molecule has 3 rings (SSSR count). The van der Waals surface area contributed by atoms with Crippen molar-refractivity contribution < 1.29 is 9.53 Å². The number of fused-ring (bicyclic) bond motifs is 1. The summed E-state index contributed by atoms with van der Waals surface area (Å²) in [4.78, 5) is 20.5. The van der Waals surface area contributed by atoms with Crippen LogP contribution in [0.3, 0.4) is 0 Å². The Hall–Kier alpha value is -2.63. The second-order valence-corrected chi connectivity index (χ2v) is 4.26. The first-order valence-corrected chi connectivity index (χ1v) is 6.41. The molecule has 1 N–H and O–H groups in total. The average Bonchev–Trinajstić information content (AvgIpc) is 2.92. The molecule has 0 spiro atoms. The van der Waals surface area contributed by atoms with Crippen molar-refractivity contribution in [3.05, 3.63) is 42.6 Å². The van der Waals surface area contributed by atoms with Crippen LogP contribution in [0.1, 0.15) is 12.7 Å². The highest BCUT2D eigenvalue weighted by Gasteiger charge is 2.23. The molecule has 0 unspecified atom stereocenters. The van der Waals surface area contributed by atoms with E-state index in [-0.39, 0.29) is 5.97 Å². The molecule has 3 heterocycles. The number of esters is 1. The molecule has 0 atom stereocenters. The number of hydrogen-bond acceptors (Lipinski definition) is 5. The van der Waals surface area contributed by atoms with Gasteiger partial charge in [-0.2, -0.15) is 0 Å². The Labute approximate surface area is 116 Å². The minimum atomic E-state index is -0.349. The topological polar surface area (TPSA) is 69.0 Å². The van der Waals surface area contributed by atoms with E-state index in [9.17, 15) is 4.79 Å². The van der Waals surface area contributed by atoms with Gasteiger partial charge in [-0.3, -0.25) is 4.98 Å². The molecule has 2 aromatic heterocycles. The minimum absolute atomic E-state index is 0.347. The summed E-state index contributed by atoms with van der Waals surface area (Å²) in [5, 5.41) is 0. The van der Waals surface area contributed by atoms with E-state index in [1.807, 2.05) is 18.3 Å². The van der Waals surface area contributed by atoms with Crippen LogP contribution in [-0.2, 0) is 9.53 Å². The van der Waals surface area contributed by atoms with Crippen molar-refractivity contribution in [2.45, 2.75) is 6.92 Å². The second kappa shape index (κ2) is 5.16. The molecule has 0 amide bonds. The fraction of sp³-hybridized carbons (Fsp3) is 0.214. The molecule has 6 heteroatoms. The number of pyridine rings is 1. The van der Waals surface area contributed by atoms with Crippen LogP contribution in [0.2, 0.25) is 0 Å². The highest BCUT2D eigenvalue weighted by Crippen LogP contribution is 2.23. The quantitative estimate of drug-likeness (QED) is 0.855. The molecule has 6 nitrogen and oxygen atoms in total. The lowest BCUT2D eigenvalue weighted by atomic mass is 10.2. The van der Waals surface area contributed by atoms with Crippen molar-refractivity contribution in [2.75, 3.05) is 18.6 Å². The summed E-state index contributed by atoms with van der Waals surface area (Å²) in [6.07, 6.45) is 7.08. The molecule has 0 bridgehead atoms. The van der Waals surface area contributed by atoms with Crippen LogP contribution in [0.15, 0.2) is 36.8 Å². The lowest BCUT2D eigenvalue weighted by molar-refractivity contribution is -0.136. The van der Waals surface area contributed by atoms with Gasteiger partial charge in [0.05, 0.1) is 25.0 Å². The van der Waals surface area contributed by atoms with Gasteiger partial charge < -0.3 is 10.2 Å². The smallest absolute Gasteiger partial charge is 0.341 e. The number of aromatic nitrogens is 3. The van der Waals surface area contributed by atoms with E-state index >= 15 is 0 Å².